The van der Waals surface area contributed by atoms with Crippen molar-refractivity contribution < 1.29 is 22.6 Å². The highest BCUT2D eigenvalue weighted by atomic mass is 19.4. The number of likely N-dealkylation sites (tertiary alicyclic amines) is 1. The van der Waals surface area contributed by atoms with Crippen molar-refractivity contribution in [1.29, 1.82) is 0 Å². The van der Waals surface area contributed by atoms with Gasteiger partial charge in [-0.25, -0.2) is 4.98 Å². The molecular weight excluding hydrogens is 435 g/mol. The molecule has 0 unspecified atom stereocenters. The number of nitrogen functional groups attached to an aromatic ring is 1. The molecule has 0 aromatic carbocycles. The van der Waals surface area contributed by atoms with Crippen LogP contribution in [0.5, 0.6) is 5.75 Å². The Morgan fingerprint density at radius 1 is 1.30 bits per heavy atom. The van der Waals surface area contributed by atoms with E-state index in [1.807, 2.05) is 0 Å². The van der Waals surface area contributed by atoms with Gasteiger partial charge in [0.15, 0.2) is 11.6 Å². The molecule has 0 amide bonds. The molecule has 2 aliphatic carbocycles. The van der Waals surface area contributed by atoms with Gasteiger partial charge in [-0.1, -0.05) is 0 Å². The van der Waals surface area contributed by atoms with E-state index < -0.39 is 12.1 Å². The van der Waals surface area contributed by atoms with Gasteiger partial charge in [0.25, 0.3) is 0 Å². The van der Waals surface area contributed by atoms with E-state index >= 15 is 0 Å². The van der Waals surface area contributed by atoms with Crippen LogP contribution in [0.15, 0.2) is 17.4 Å². The lowest BCUT2D eigenvalue weighted by molar-refractivity contribution is -0.274. The van der Waals surface area contributed by atoms with E-state index in [0.29, 0.717) is 35.4 Å². The number of alkyl halides is 3. The molecule has 4 aliphatic rings. The number of nitrogens with zero attached hydrogens (tertiary/aromatic N) is 4. The summed E-state index contributed by atoms with van der Waals surface area (Å²) in [6.07, 6.45) is 0.758. The predicted octanol–water partition coefficient (Wildman–Crippen LogP) is 3.49. The van der Waals surface area contributed by atoms with Crippen molar-refractivity contribution in [2.45, 2.75) is 70.6 Å². The van der Waals surface area contributed by atoms with Crippen LogP contribution in [0.2, 0.25) is 0 Å². The van der Waals surface area contributed by atoms with Crippen LogP contribution in [0.4, 0.5) is 19.0 Å². The highest BCUT2D eigenvalue weighted by molar-refractivity contribution is 5.98. The third-order valence-corrected chi connectivity index (χ3v) is 7.81. The molecule has 2 saturated carbocycles. The molecule has 5 rings (SSSR count). The molecule has 0 radical (unpaired) electrons. The van der Waals surface area contributed by atoms with E-state index in [0.717, 1.165) is 31.5 Å². The van der Waals surface area contributed by atoms with Crippen molar-refractivity contribution in [3.8, 4) is 5.75 Å². The quantitative estimate of drug-likeness (QED) is 0.489. The molecule has 2 bridgehead atoms. The van der Waals surface area contributed by atoms with Crippen LogP contribution >= 0.6 is 0 Å². The maximum absolute atomic E-state index is 12.6. The average Bonchev–Trinajstić information content (AvgIpc) is 3.20. The Bertz CT molecular complexity index is 912. The first-order chi connectivity index (χ1) is 15.6. The Kier molecular flexibility index (Phi) is 5.71. The Hall–Kier alpha value is -2.07. The van der Waals surface area contributed by atoms with Gasteiger partial charge >= 0.3 is 6.36 Å². The topological polar surface area (TPSA) is 76.2 Å². The number of aromatic nitrogens is 1. The number of nitrogens with two attached hydrogens (primary N) is 1. The van der Waals surface area contributed by atoms with E-state index in [-0.39, 0.29) is 11.9 Å². The van der Waals surface area contributed by atoms with Crippen molar-refractivity contribution in [1.82, 2.24) is 14.9 Å². The summed E-state index contributed by atoms with van der Waals surface area (Å²) in [5.41, 5.74) is 6.59. The summed E-state index contributed by atoms with van der Waals surface area (Å²) in [4.78, 5) is 6.55. The van der Waals surface area contributed by atoms with Crippen molar-refractivity contribution in [2.24, 2.45) is 22.9 Å². The molecule has 7 nitrogen and oxygen atoms in total. The summed E-state index contributed by atoms with van der Waals surface area (Å²) in [7, 11) is 0. The number of rotatable bonds is 7. The van der Waals surface area contributed by atoms with Gasteiger partial charge in [-0.05, 0) is 63.9 Å². The minimum Gasteiger partial charge on any atom is -0.402 e. The van der Waals surface area contributed by atoms with Crippen molar-refractivity contribution >= 4 is 11.5 Å². The SMILES string of the molecule is C/C(=N\N(C[C@H]1[C@@H]2C[C@H](N3C[C@H]4C[C@@H]3CO4)C[C@@H]21)C(C)C)c1cnc(N)c(OC(F)(F)F)c1. The Morgan fingerprint density at radius 3 is 2.61 bits per heavy atom. The zero-order chi connectivity index (χ0) is 23.5. The Morgan fingerprint density at radius 2 is 2.03 bits per heavy atom. The average molecular weight is 468 g/mol. The van der Waals surface area contributed by atoms with Gasteiger partial charge in [0.2, 0.25) is 0 Å². The fourth-order valence-corrected chi connectivity index (χ4v) is 6.06. The molecule has 4 fully saturated rings. The van der Waals surface area contributed by atoms with Crippen LogP contribution in [0.25, 0.3) is 0 Å². The lowest BCUT2D eigenvalue weighted by Gasteiger charge is -2.34. The maximum Gasteiger partial charge on any atom is 0.573 e. The molecular formula is C23H32F3N5O2. The van der Waals surface area contributed by atoms with Crippen molar-refractivity contribution in [2.75, 3.05) is 25.4 Å². The van der Waals surface area contributed by atoms with Gasteiger partial charge in [-0.2, -0.15) is 5.10 Å². The minimum atomic E-state index is -4.83. The van der Waals surface area contributed by atoms with Gasteiger partial charge in [-0.3, -0.25) is 9.91 Å². The third kappa shape index (κ3) is 4.64. The standard InChI is InChI=1S/C23H32F3N5O2/c1-12(2)31(29-13(3)14-4-21(22(27)28-8-14)33-23(24,25)26)10-20-18-6-15(7-19(18)20)30-9-17-5-16(30)11-32-17/h4,8,12,15-20H,5-7,9-11H2,1-3H3,(H2,27,28)/b29-13+/t15-,16-,17-,18+,19-,20-/m1/s1. The second-order valence-corrected chi connectivity index (χ2v) is 10.2. The summed E-state index contributed by atoms with van der Waals surface area (Å²) in [5.74, 6) is 1.32. The van der Waals surface area contributed by atoms with E-state index in [4.69, 9.17) is 15.6 Å². The third-order valence-electron chi connectivity index (χ3n) is 7.81. The number of halogens is 3. The lowest BCUT2D eigenvalue weighted by Crippen LogP contribution is -2.44. The Labute approximate surface area is 192 Å². The molecule has 2 N–H and O–H groups in total. The molecule has 0 spiro atoms. The number of hydrazone groups is 1. The summed E-state index contributed by atoms with van der Waals surface area (Å²) in [6, 6.07) is 2.74. The first-order valence-electron chi connectivity index (χ1n) is 11.8. The molecule has 1 aromatic rings. The van der Waals surface area contributed by atoms with Crippen molar-refractivity contribution in [3.05, 3.63) is 17.8 Å². The van der Waals surface area contributed by atoms with Gasteiger partial charge in [0.05, 0.1) is 18.4 Å². The molecule has 10 heteroatoms. The van der Waals surface area contributed by atoms with E-state index in [1.165, 1.54) is 31.5 Å². The van der Waals surface area contributed by atoms with Crippen LogP contribution in [0, 0.1) is 17.8 Å². The maximum atomic E-state index is 12.6. The van der Waals surface area contributed by atoms with E-state index in [1.54, 1.807) is 6.92 Å². The lowest BCUT2D eigenvalue weighted by atomic mass is 10.0. The summed E-state index contributed by atoms with van der Waals surface area (Å²) < 4.78 is 47.7. The minimum absolute atomic E-state index is 0.177. The normalized spacial score (nSPS) is 33.6. The number of ether oxygens (including phenoxy) is 2. The van der Waals surface area contributed by atoms with Gasteiger partial charge in [0, 0.05) is 43.0 Å². The number of morpholine rings is 1. The van der Waals surface area contributed by atoms with Crippen molar-refractivity contribution in [3.63, 3.8) is 0 Å². The molecule has 2 saturated heterocycles. The largest absolute Gasteiger partial charge is 0.573 e. The zero-order valence-corrected chi connectivity index (χ0v) is 19.3. The van der Waals surface area contributed by atoms with Crippen LogP contribution in [-0.2, 0) is 4.74 Å². The fraction of sp³-hybridized carbons (Fsp3) is 0.739. The van der Waals surface area contributed by atoms with Crippen LogP contribution in [-0.4, -0.2) is 70.9 Å². The molecule has 1 aromatic heterocycles. The number of hydrogen-bond donors (Lipinski definition) is 1. The second-order valence-electron chi connectivity index (χ2n) is 10.2. The summed E-state index contributed by atoms with van der Waals surface area (Å²) in [5, 5.41) is 6.81. The molecule has 182 valence electrons. The Balaban J connectivity index is 1.21. The smallest absolute Gasteiger partial charge is 0.402 e. The number of pyridine rings is 1. The summed E-state index contributed by atoms with van der Waals surface area (Å²) >= 11 is 0. The molecule has 3 heterocycles. The van der Waals surface area contributed by atoms with E-state index in [9.17, 15) is 13.2 Å². The summed E-state index contributed by atoms with van der Waals surface area (Å²) in [6.45, 7) is 8.78. The highest BCUT2D eigenvalue weighted by Crippen LogP contribution is 2.59. The monoisotopic (exact) mass is 467 g/mol. The number of anilines is 1. The zero-order valence-electron chi connectivity index (χ0n) is 19.3. The molecule has 2 aliphatic heterocycles. The predicted molar refractivity (Wildman–Crippen MR) is 118 cm³/mol. The molecule has 33 heavy (non-hydrogen) atoms. The van der Waals surface area contributed by atoms with Crippen LogP contribution in [0.1, 0.15) is 45.6 Å². The first kappa shape index (κ1) is 22.7. The number of hydrogen-bond acceptors (Lipinski definition) is 7. The number of fused-ring (bicyclic) bond motifs is 3. The van der Waals surface area contributed by atoms with E-state index in [2.05, 4.69) is 33.5 Å². The van der Waals surface area contributed by atoms with Gasteiger partial charge in [-0.15, -0.1) is 13.2 Å². The second kappa shape index (κ2) is 8.30. The highest BCUT2D eigenvalue weighted by Gasteiger charge is 2.58. The van der Waals surface area contributed by atoms with Crippen LogP contribution in [0.3, 0.4) is 0 Å². The first-order valence-corrected chi connectivity index (χ1v) is 11.8. The van der Waals surface area contributed by atoms with Gasteiger partial charge in [0.1, 0.15) is 0 Å². The van der Waals surface area contributed by atoms with Gasteiger partial charge < -0.3 is 15.2 Å². The molecule has 6 atom stereocenters. The fourth-order valence-electron chi connectivity index (χ4n) is 6.06. The van der Waals surface area contributed by atoms with Crippen LogP contribution < -0.4 is 10.5 Å².